The number of hydrogen-bond acceptors (Lipinski definition) is 1. The highest BCUT2D eigenvalue weighted by molar-refractivity contribution is 5.27. The largest absolute Gasteiger partial charge is 0.307 e. The van der Waals surface area contributed by atoms with Crippen molar-refractivity contribution in [3.05, 3.63) is 97.2 Å². The highest BCUT2D eigenvalue weighted by atomic mass is 15.0. The minimum Gasteiger partial charge on any atom is -0.307 e. The zero-order chi connectivity index (χ0) is 15.7. The Balaban J connectivity index is 1.96. The molecule has 1 unspecified atom stereocenters. The maximum Gasteiger partial charge on any atom is 0.0443 e. The molecule has 1 N–H and O–H groups in total. The summed E-state index contributed by atoms with van der Waals surface area (Å²) in [4.78, 5) is 0. The minimum absolute atomic E-state index is 0.0124. The van der Waals surface area contributed by atoms with Crippen molar-refractivity contribution in [2.75, 3.05) is 6.54 Å². The second-order valence-corrected chi connectivity index (χ2v) is 5.74. The van der Waals surface area contributed by atoms with Gasteiger partial charge in [0.2, 0.25) is 0 Å². The van der Waals surface area contributed by atoms with E-state index in [2.05, 4.69) is 73.1 Å². The topological polar surface area (TPSA) is 12.0 Å². The van der Waals surface area contributed by atoms with E-state index < -0.39 is 0 Å². The first-order chi connectivity index (χ1) is 10.7. The number of benzene rings is 1. The molecule has 114 valence electrons. The second-order valence-electron chi connectivity index (χ2n) is 5.74. The first-order valence-electron chi connectivity index (χ1n) is 7.84. The van der Waals surface area contributed by atoms with Crippen LogP contribution in [-0.2, 0) is 6.42 Å². The van der Waals surface area contributed by atoms with Crippen LogP contribution in [0, 0.1) is 0 Å². The third-order valence-corrected chi connectivity index (χ3v) is 3.90. The Hall–Kier alpha value is -2.12. The molecule has 0 amide bonds. The van der Waals surface area contributed by atoms with Gasteiger partial charge in [0, 0.05) is 5.54 Å². The van der Waals surface area contributed by atoms with Gasteiger partial charge >= 0.3 is 0 Å². The van der Waals surface area contributed by atoms with Gasteiger partial charge in [-0.2, -0.15) is 0 Å². The van der Waals surface area contributed by atoms with Gasteiger partial charge < -0.3 is 5.32 Å². The number of allylic oxidation sites excluding steroid dienone is 5. The van der Waals surface area contributed by atoms with E-state index in [4.69, 9.17) is 0 Å². The van der Waals surface area contributed by atoms with E-state index in [0.29, 0.717) is 0 Å². The van der Waals surface area contributed by atoms with E-state index in [0.717, 1.165) is 31.4 Å². The fourth-order valence-electron chi connectivity index (χ4n) is 2.71. The molecule has 1 heteroatoms. The van der Waals surface area contributed by atoms with Crippen LogP contribution in [0.1, 0.15) is 18.4 Å². The zero-order valence-electron chi connectivity index (χ0n) is 13.2. The van der Waals surface area contributed by atoms with Gasteiger partial charge in [0.05, 0.1) is 0 Å². The summed E-state index contributed by atoms with van der Waals surface area (Å²) >= 11 is 0. The SMILES string of the molecule is C=CC=CC(=C)CCNC1(Cc2ccccc2)C=CC=CC1. The molecule has 0 bridgehead atoms. The van der Waals surface area contributed by atoms with Crippen molar-refractivity contribution in [2.45, 2.75) is 24.8 Å². The van der Waals surface area contributed by atoms with Crippen LogP contribution in [0.5, 0.6) is 0 Å². The highest BCUT2D eigenvalue weighted by Gasteiger charge is 2.26. The van der Waals surface area contributed by atoms with E-state index >= 15 is 0 Å². The molecule has 1 aromatic carbocycles. The Kier molecular flexibility index (Phi) is 6.17. The maximum atomic E-state index is 4.07. The summed E-state index contributed by atoms with van der Waals surface area (Å²) in [6.45, 7) is 8.68. The van der Waals surface area contributed by atoms with Crippen molar-refractivity contribution in [3.8, 4) is 0 Å². The average Bonchev–Trinajstić information content (AvgIpc) is 2.55. The van der Waals surface area contributed by atoms with Crippen molar-refractivity contribution < 1.29 is 0 Å². The Morgan fingerprint density at radius 2 is 2.05 bits per heavy atom. The van der Waals surface area contributed by atoms with Gasteiger partial charge in [0.1, 0.15) is 0 Å². The van der Waals surface area contributed by atoms with Crippen molar-refractivity contribution in [2.24, 2.45) is 0 Å². The van der Waals surface area contributed by atoms with Gasteiger partial charge in [0.25, 0.3) is 0 Å². The summed E-state index contributed by atoms with van der Waals surface area (Å²) < 4.78 is 0. The third kappa shape index (κ3) is 5.01. The Morgan fingerprint density at radius 3 is 2.73 bits per heavy atom. The van der Waals surface area contributed by atoms with Crippen molar-refractivity contribution >= 4 is 0 Å². The highest BCUT2D eigenvalue weighted by Crippen LogP contribution is 2.23. The fraction of sp³-hybridized carbons (Fsp3) is 0.238. The van der Waals surface area contributed by atoms with Gasteiger partial charge in [-0.25, -0.2) is 0 Å². The summed E-state index contributed by atoms with van der Waals surface area (Å²) in [6.07, 6.45) is 17.5. The van der Waals surface area contributed by atoms with Crippen molar-refractivity contribution in [1.82, 2.24) is 5.32 Å². The molecule has 0 heterocycles. The first kappa shape index (κ1) is 16.3. The molecule has 22 heavy (non-hydrogen) atoms. The van der Waals surface area contributed by atoms with Crippen LogP contribution in [-0.4, -0.2) is 12.1 Å². The van der Waals surface area contributed by atoms with Gasteiger partial charge in [-0.05, 0) is 31.4 Å². The van der Waals surface area contributed by atoms with Gasteiger partial charge in [0.15, 0.2) is 0 Å². The minimum atomic E-state index is 0.0124. The summed E-state index contributed by atoms with van der Waals surface area (Å²) in [5.41, 5.74) is 2.50. The molecule has 0 aliphatic heterocycles. The summed E-state index contributed by atoms with van der Waals surface area (Å²) in [5, 5.41) is 3.73. The molecule has 2 rings (SSSR count). The summed E-state index contributed by atoms with van der Waals surface area (Å²) in [5.74, 6) is 0. The Bertz CT molecular complexity index is 577. The normalized spacial score (nSPS) is 20.4. The summed E-state index contributed by atoms with van der Waals surface area (Å²) in [7, 11) is 0. The molecular weight excluding hydrogens is 266 g/mol. The fourth-order valence-corrected chi connectivity index (χ4v) is 2.71. The monoisotopic (exact) mass is 291 g/mol. The van der Waals surface area contributed by atoms with Gasteiger partial charge in [-0.15, -0.1) is 0 Å². The van der Waals surface area contributed by atoms with Crippen LogP contribution < -0.4 is 5.32 Å². The molecule has 1 nitrogen and oxygen atoms in total. The van der Waals surface area contributed by atoms with E-state index in [1.807, 2.05) is 12.2 Å². The molecule has 0 saturated heterocycles. The van der Waals surface area contributed by atoms with E-state index in [9.17, 15) is 0 Å². The molecule has 0 spiro atoms. The van der Waals surface area contributed by atoms with E-state index in [1.165, 1.54) is 5.56 Å². The smallest absolute Gasteiger partial charge is 0.0443 e. The predicted molar refractivity (Wildman–Crippen MR) is 96.9 cm³/mol. The Labute approximate surface area is 134 Å². The lowest BCUT2D eigenvalue weighted by Gasteiger charge is -2.33. The van der Waals surface area contributed by atoms with Crippen LogP contribution in [0.15, 0.2) is 91.6 Å². The van der Waals surface area contributed by atoms with Crippen LogP contribution in [0.3, 0.4) is 0 Å². The lowest BCUT2D eigenvalue weighted by atomic mass is 9.84. The van der Waals surface area contributed by atoms with E-state index in [-0.39, 0.29) is 5.54 Å². The molecular formula is C21H25N. The third-order valence-electron chi connectivity index (χ3n) is 3.90. The Morgan fingerprint density at radius 1 is 1.23 bits per heavy atom. The van der Waals surface area contributed by atoms with Crippen molar-refractivity contribution in [1.29, 1.82) is 0 Å². The van der Waals surface area contributed by atoms with Crippen LogP contribution in [0.4, 0.5) is 0 Å². The number of nitrogens with one attached hydrogen (secondary N) is 1. The molecule has 1 aliphatic rings. The molecule has 0 saturated carbocycles. The predicted octanol–water partition coefficient (Wildman–Crippen LogP) is 4.76. The van der Waals surface area contributed by atoms with Gasteiger partial charge in [-0.1, -0.05) is 91.6 Å². The van der Waals surface area contributed by atoms with Crippen molar-refractivity contribution in [3.63, 3.8) is 0 Å². The van der Waals surface area contributed by atoms with Gasteiger partial charge in [-0.3, -0.25) is 0 Å². The molecule has 1 atom stereocenters. The molecule has 0 aromatic heterocycles. The van der Waals surface area contributed by atoms with Crippen LogP contribution in [0.25, 0.3) is 0 Å². The molecule has 0 fully saturated rings. The molecule has 0 radical (unpaired) electrons. The van der Waals surface area contributed by atoms with Crippen LogP contribution >= 0.6 is 0 Å². The lowest BCUT2D eigenvalue weighted by molar-refractivity contribution is 0.402. The second kappa shape index (κ2) is 8.35. The number of rotatable bonds is 8. The molecule has 1 aliphatic carbocycles. The average molecular weight is 291 g/mol. The number of hydrogen-bond donors (Lipinski definition) is 1. The van der Waals surface area contributed by atoms with E-state index in [1.54, 1.807) is 6.08 Å². The maximum absolute atomic E-state index is 4.07. The summed E-state index contributed by atoms with van der Waals surface area (Å²) in [6, 6.07) is 10.7. The standard InChI is InChI=1S/C21H25N/c1-3-4-11-19(2)14-17-22-21(15-9-6-10-16-21)18-20-12-7-5-8-13-20/h3-13,15,22H,1-2,14,16-18H2. The first-order valence-corrected chi connectivity index (χ1v) is 7.84. The quantitative estimate of drug-likeness (QED) is 0.681. The zero-order valence-corrected chi connectivity index (χ0v) is 13.2. The van der Waals surface area contributed by atoms with Crippen LogP contribution in [0.2, 0.25) is 0 Å². The molecule has 1 aromatic rings. The lowest BCUT2D eigenvalue weighted by Crippen LogP contribution is -2.46.